The van der Waals surface area contributed by atoms with Gasteiger partial charge in [-0.3, -0.25) is 0 Å². The molecule has 0 bridgehead atoms. The molecule has 0 radical (unpaired) electrons. The van der Waals surface area contributed by atoms with E-state index in [1.807, 2.05) is 32.9 Å². The van der Waals surface area contributed by atoms with Crippen molar-refractivity contribution in [3.8, 4) is 0 Å². The van der Waals surface area contributed by atoms with Crippen LogP contribution in [0.15, 0.2) is 35.4 Å². The Bertz CT molecular complexity index is 164. The molecule has 0 saturated carbocycles. The minimum Gasteiger partial charge on any atom is -0.0976 e. The maximum absolute atomic E-state index is 5.72. The molecular formula is C11H19Cl. The number of hydrogen-bond acceptors (Lipinski definition) is 0. The van der Waals surface area contributed by atoms with Gasteiger partial charge in [-0.2, -0.15) is 0 Å². The Kier molecular flexibility index (Phi) is 12.3. The molecule has 12 heavy (non-hydrogen) atoms. The van der Waals surface area contributed by atoms with Gasteiger partial charge in [-0.1, -0.05) is 56.7 Å². The van der Waals surface area contributed by atoms with Crippen LogP contribution < -0.4 is 0 Å². The molecule has 0 nitrogen and oxygen atoms in total. The van der Waals surface area contributed by atoms with Crippen molar-refractivity contribution in [3.63, 3.8) is 0 Å². The third-order valence-electron chi connectivity index (χ3n) is 1.30. The normalized spacial score (nSPS) is 11.8. The highest BCUT2D eigenvalue weighted by Crippen LogP contribution is 2.09. The molecule has 0 aromatic carbocycles. The highest BCUT2D eigenvalue weighted by Gasteiger charge is 1.87. The summed E-state index contributed by atoms with van der Waals surface area (Å²) in [6.45, 7) is 11.7. The summed E-state index contributed by atoms with van der Waals surface area (Å²) in [5.41, 5.74) is 1.24. The maximum Gasteiger partial charge on any atom is 0.0402 e. The van der Waals surface area contributed by atoms with Crippen molar-refractivity contribution in [2.24, 2.45) is 0 Å². The molecule has 0 rings (SSSR count). The van der Waals surface area contributed by atoms with Crippen LogP contribution in [0.25, 0.3) is 0 Å². The third-order valence-corrected chi connectivity index (χ3v) is 1.56. The average Bonchev–Trinajstić information content (AvgIpc) is 2.16. The molecule has 0 aliphatic carbocycles. The second kappa shape index (κ2) is 10.5. The van der Waals surface area contributed by atoms with Gasteiger partial charge in [0, 0.05) is 5.03 Å². The van der Waals surface area contributed by atoms with E-state index in [2.05, 4.69) is 13.5 Å². The van der Waals surface area contributed by atoms with Gasteiger partial charge in [-0.05, 0) is 19.4 Å². The molecule has 1 heteroatoms. The Morgan fingerprint density at radius 3 is 2.17 bits per heavy atom. The van der Waals surface area contributed by atoms with E-state index in [1.54, 1.807) is 6.08 Å². The van der Waals surface area contributed by atoms with Gasteiger partial charge in [-0.15, -0.1) is 0 Å². The molecule has 0 N–H and O–H groups in total. The van der Waals surface area contributed by atoms with Crippen molar-refractivity contribution >= 4 is 11.6 Å². The van der Waals surface area contributed by atoms with Gasteiger partial charge < -0.3 is 0 Å². The lowest BCUT2D eigenvalue weighted by Crippen LogP contribution is -1.73. The minimum atomic E-state index is 0.704. The van der Waals surface area contributed by atoms with E-state index in [4.69, 9.17) is 11.6 Å². The highest BCUT2D eigenvalue weighted by molar-refractivity contribution is 6.31. The summed E-state index contributed by atoms with van der Waals surface area (Å²) < 4.78 is 0. The molecule has 0 aromatic heterocycles. The van der Waals surface area contributed by atoms with E-state index in [1.165, 1.54) is 5.57 Å². The van der Waals surface area contributed by atoms with Gasteiger partial charge in [0.15, 0.2) is 0 Å². The summed E-state index contributed by atoms with van der Waals surface area (Å²) in [6, 6.07) is 0. The van der Waals surface area contributed by atoms with Gasteiger partial charge >= 0.3 is 0 Å². The van der Waals surface area contributed by atoms with Crippen molar-refractivity contribution in [1.82, 2.24) is 0 Å². The summed E-state index contributed by atoms with van der Waals surface area (Å²) in [6.07, 6.45) is 6.63. The topological polar surface area (TPSA) is 0 Å². The van der Waals surface area contributed by atoms with E-state index in [0.29, 0.717) is 5.03 Å². The highest BCUT2D eigenvalue weighted by atomic mass is 35.5. The van der Waals surface area contributed by atoms with Gasteiger partial charge in [0.25, 0.3) is 0 Å². The average molecular weight is 187 g/mol. The molecule has 0 saturated heterocycles. The van der Waals surface area contributed by atoms with Crippen molar-refractivity contribution in [2.75, 3.05) is 0 Å². The van der Waals surface area contributed by atoms with Crippen molar-refractivity contribution in [2.45, 2.75) is 34.1 Å². The SMILES string of the molecule is C=C/C(Cl)=C\C(=C/C)CC.CC. The van der Waals surface area contributed by atoms with Gasteiger partial charge in [0.1, 0.15) is 0 Å². The first-order chi connectivity index (χ1) is 5.74. The summed E-state index contributed by atoms with van der Waals surface area (Å²) in [4.78, 5) is 0. The smallest absolute Gasteiger partial charge is 0.0402 e. The van der Waals surface area contributed by atoms with Gasteiger partial charge in [-0.25, -0.2) is 0 Å². The minimum absolute atomic E-state index is 0.704. The predicted octanol–water partition coefficient (Wildman–Crippen LogP) is 4.68. The van der Waals surface area contributed by atoms with Crippen LogP contribution in [0.2, 0.25) is 0 Å². The Hall–Kier alpha value is -0.490. The third kappa shape index (κ3) is 7.62. The lowest BCUT2D eigenvalue weighted by Gasteiger charge is -1.94. The fourth-order valence-electron chi connectivity index (χ4n) is 0.626. The molecule has 70 valence electrons. The second-order valence-corrected chi connectivity index (χ2v) is 2.39. The Balaban J connectivity index is 0. The molecule has 0 unspecified atom stereocenters. The van der Waals surface area contributed by atoms with E-state index in [9.17, 15) is 0 Å². The van der Waals surface area contributed by atoms with Gasteiger partial charge in [0.05, 0.1) is 0 Å². The summed E-state index contributed by atoms with van der Waals surface area (Å²) in [5, 5.41) is 0.704. The fourth-order valence-corrected chi connectivity index (χ4v) is 0.766. The number of hydrogen-bond donors (Lipinski definition) is 0. The van der Waals surface area contributed by atoms with E-state index in [0.717, 1.165) is 6.42 Å². The molecule has 0 aliphatic rings. The molecule has 0 fully saturated rings. The molecule has 0 heterocycles. The quantitative estimate of drug-likeness (QED) is 0.562. The molecule has 0 aliphatic heterocycles. The lowest BCUT2D eigenvalue weighted by molar-refractivity contribution is 1.14. The lowest BCUT2D eigenvalue weighted by atomic mass is 10.2. The van der Waals surface area contributed by atoms with Crippen molar-refractivity contribution in [1.29, 1.82) is 0 Å². The Morgan fingerprint density at radius 2 is 1.92 bits per heavy atom. The summed E-state index contributed by atoms with van der Waals surface area (Å²) >= 11 is 5.72. The zero-order chi connectivity index (χ0) is 9.98. The zero-order valence-corrected chi connectivity index (χ0v) is 9.28. The monoisotopic (exact) mass is 186 g/mol. The Morgan fingerprint density at radius 1 is 1.42 bits per heavy atom. The van der Waals surface area contributed by atoms with Crippen LogP contribution in [0.4, 0.5) is 0 Å². The Labute approximate surface area is 81.6 Å². The zero-order valence-electron chi connectivity index (χ0n) is 8.52. The summed E-state index contributed by atoms with van der Waals surface area (Å²) in [5.74, 6) is 0. The number of allylic oxidation sites excluding steroid dienone is 5. The molecular weight excluding hydrogens is 168 g/mol. The summed E-state index contributed by atoms with van der Waals surface area (Å²) in [7, 11) is 0. The molecule has 0 amide bonds. The van der Waals surface area contributed by atoms with Crippen LogP contribution in [0.1, 0.15) is 34.1 Å². The van der Waals surface area contributed by atoms with Crippen LogP contribution in [0, 0.1) is 0 Å². The van der Waals surface area contributed by atoms with Crippen LogP contribution in [-0.4, -0.2) is 0 Å². The first-order valence-electron chi connectivity index (χ1n) is 4.39. The van der Waals surface area contributed by atoms with E-state index in [-0.39, 0.29) is 0 Å². The maximum atomic E-state index is 5.72. The predicted molar refractivity (Wildman–Crippen MR) is 59.5 cm³/mol. The first-order valence-corrected chi connectivity index (χ1v) is 4.77. The number of halogens is 1. The van der Waals surface area contributed by atoms with E-state index >= 15 is 0 Å². The van der Waals surface area contributed by atoms with Crippen molar-refractivity contribution in [3.05, 3.63) is 35.4 Å². The van der Waals surface area contributed by atoms with Crippen molar-refractivity contribution < 1.29 is 0 Å². The molecule has 0 spiro atoms. The molecule has 0 atom stereocenters. The fraction of sp³-hybridized carbons (Fsp3) is 0.455. The van der Waals surface area contributed by atoms with Crippen LogP contribution in [-0.2, 0) is 0 Å². The van der Waals surface area contributed by atoms with Crippen LogP contribution in [0.3, 0.4) is 0 Å². The second-order valence-electron chi connectivity index (χ2n) is 1.95. The van der Waals surface area contributed by atoms with Gasteiger partial charge in [0.2, 0.25) is 0 Å². The van der Waals surface area contributed by atoms with Crippen LogP contribution >= 0.6 is 11.6 Å². The van der Waals surface area contributed by atoms with E-state index < -0.39 is 0 Å². The number of rotatable bonds is 3. The largest absolute Gasteiger partial charge is 0.0976 e. The van der Waals surface area contributed by atoms with Crippen LogP contribution in [0.5, 0.6) is 0 Å². The standard InChI is InChI=1S/C9H13Cl.C2H6/c1-4-8(5-2)7-9(10)6-3;1-2/h4,6-7H,3,5H2,1-2H3;1-2H3/b8-4-,9-7+;. The first kappa shape index (κ1) is 14.1. The molecule has 0 aromatic rings.